The van der Waals surface area contributed by atoms with Gasteiger partial charge in [-0.1, -0.05) is 13.8 Å². The van der Waals surface area contributed by atoms with Crippen LogP contribution in [0.3, 0.4) is 0 Å². The topological polar surface area (TPSA) is 66.4 Å². The van der Waals surface area contributed by atoms with Gasteiger partial charge in [0, 0.05) is 11.6 Å². The van der Waals surface area contributed by atoms with E-state index in [0.29, 0.717) is 5.69 Å². The van der Waals surface area contributed by atoms with Crippen LogP contribution in [0.1, 0.15) is 30.6 Å². The Morgan fingerprint density at radius 3 is 2.24 bits per heavy atom. The van der Waals surface area contributed by atoms with Crippen molar-refractivity contribution in [3.05, 3.63) is 29.8 Å². The van der Waals surface area contributed by atoms with Crippen molar-refractivity contribution in [3.63, 3.8) is 0 Å². The van der Waals surface area contributed by atoms with Crippen molar-refractivity contribution < 1.29 is 14.7 Å². The standard InChI is InChI=1S/C13H15NO3/c1-13(2)7-10(13)11(15)14-9-5-3-8(4-6-9)12(16)17/h3-6,10H,7H2,1-2H3,(H,14,15)(H,16,17)/t10-/m1/s1. The first-order valence-electron chi connectivity index (χ1n) is 5.54. The third-order valence-electron chi connectivity index (χ3n) is 3.23. The summed E-state index contributed by atoms with van der Waals surface area (Å²) < 4.78 is 0. The van der Waals surface area contributed by atoms with Crippen molar-refractivity contribution >= 4 is 17.6 Å². The Hall–Kier alpha value is -1.84. The van der Waals surface area contributed by atoms with Gasteiger partial charge in [0.1, 0.15) is 0 Å². The molecule has 4 heteroatoms. The molecule has 0 saturated heterocycles. The highest BCUT2D eigenvalue weighted by Crippen LogP contribution is 2.51. The van der Waals surface area contributed by atoms with Crippen molar-refractivity contribution in [1.29, 1.82) is 0 Å². The lowest BCUT2D eigenvalue weighted by molar-refractivity contribution is -0.118. The minimum atomic E-state index is -0.966. The van der Waals surface area contributed by atoms with Crippen molar-refractivity contribution in [2.45, 2.75) is 20.3 Å². The average molecular weight is 233 g/mol. The van der Waals surface area contributed by atoms with E-state index >= 15 is 0 Å². The molecule has 0 radical (unpaired) electrons. The van der Waals surface area contributed by atoms with Crippen LogP contribution in [0.2, 0.25) is 0 Å². The Morgan fingerprint density at radius 2 is 1.82 bits per heavy atom. The van der Waals surface area contributed by atoms with Gasteiger partial charge in [-0.25, -0.2) is 4.79 Å². The fourth-order valence-electron chi connectivity index (χ4n) is 1.84. The first-order valence-corrected chi connectivity index (χ1v) is 5.54. The fourth-order valence-corrected chi connectivity index (χ4v) is 1.84. The second-order valence-electron chi connectivity index (χ2n) is 5.12. The van der Waals surface area contributed by atoms with Crippen molar-refractivity contribution in [3.8, 4) is 0 Å². The maximum absolute atomic E-state index is 11.8. The lowest BCUT2D eigenvalue weighted by atomic mass is 10.1. The van der Waals surface area contributed by atoms with Crippen molar-refractivity contribution in [1.82, 2.24) is 0 Å². The Labute approximate surface area is 99.6 Å². The van der Waals surface area contributed by atoms with E-state index in [2.05, 4.69) is 19.2 Å². The Morgan fingerprint density at radius 1 is 1.29 bits per heavy atom. The van der Waals surface area contributed by atoms with Gasteiger partial charge in [0.05, 0.1) is 5.56 Å². The van der Waals surface area contributed by atoms with E-state index in [9.17, 15) is 9.59 Å². The number of carbonyl (C=O) groups excluding carboxylic acids is 1. The number of hydrogen-bond acceptors (Lipinski definition) is 2. The van der Waals surface area contributed by atoms with Gasteiger partial charge in [-0.05, 0) is 36.1 Å². The van der Waals surface area contributed by atoms with E-state index < -0.39 is 5.97 Å². The zero-order chi connectivity index (χ0) is 12.6. The number of nitrogens with one attached hydrogen (secondary N) is 1. The fraction of sp³-hybridized carbons (Fsp3) is 0.385. The summed E-state index contributed by atoms with van der Waals surface area (Å²) in [7, 11) is 0. The molecule has 1 saturated carbocycles. The number of carboxylic acid groups (broad SMARTS) is 1. The van der Waals surface area contributed by atoms with Crippen LogP contribution in [0.5, 0.6) is 0 Å². The van der Waals surface area contributed by atoms with Crippen LogP contribution in [0, 0.1) is 11.3 Å². The van der Waals surface area contributed by atoms with Gasteiger partial charge in [-0.15, -0.1) is 0 Å². The van der Waals surface area contributed by atoms with Crippen LogP contribution in [0.4, 0.5) is 5.69 Å². The molecule has 4 nitrogen and oxygen atoms in total. The number of amides is 1. The highest BCUT2D eigenvalue weighted by molar-refractivity contribution is 5.95. The predicted octanol–water partition coefficient (Wildman–Crippen LogP) is 2.37. The summed E-state index contributed by atoms with van der Waals surface area (Å²) in [5.41, 5.74) is 0.961. The number of rotatable bonds is 3. The lowest BCUT2D eigenvalue weighted by Crippen LogP contribution is -2.16. The van der Waals surface area contributed by atoms with E-state index in [4.69, 9.17) is 5.11 Å². The molecule has 2 rings (SSSR count). The Balaban J connectivity index is 2.00. The zero-order valence-electron chi connectivity index (χ0n) is 9.86. The van der Waals surface area contributed by atoms with Gasteiger partial charge >= 0.3 is 5.97 Å². The second-order valence-corrected chi connectivity index (χ2v) is 5.12. The summed E-state index contributed by atoms with van der Waals surface area (Å²) in [6.45, 7) is 4.12. The highest BCUT2D eigenvalue weighted by atomic mass is 16.4. The molecule has 1 atom stereocenters. The molecule has 2 N–H and O–H groups in total. The molecule has 0 heterocycles. The SMILES string of the molecule is CC1(C)C[C@@H]1C(=O)Nc1ccc(C(=O)O)cc1. The molecule has 1 amide bonds. The average Bonchev–Trinajstić information content (AvgIpc) is 2.89. The molecule has 0 unspecified atom stereocenters. The van der Waals surface area contributed by atoms with E-state index in [0.717, 1.165) is 6.42 Å². The largest absolute Gasteiger partial charge is 0.478 e. The first-order chi connectivity index (χ1) is 7.90. The van der Waals surface area contributed by atoms with Gasteiger partial charge in [0.2, 0.25) is 5.91 Å². The number of carbonyl (C=O) groups is 2. The summed E-state index contributed by atoms with van der Waals surface area (Å²) in [5, 5.41) is 11.5. The summed E-state index contributed by atoms with van der Waals surface area (Å²) in [4.78, 5) is 22.4. The van der Waals surface area contributed by atoms with Gasteiger partial charge < -0.3 is 10.4 Å². The smallest absolute Gasteiger partial charge is 0.335 e. The molecule has 90 valence electrons. The number of carboxylic acids is 1. The molecule has 1 aliphatic carbocycles. The monoisotopic (exact) mass is 233 g/mol. The van der Waals surface area contributed by atoms with Gasteiger partial charge in [-0.2, -0.15) is 0 Å². The van der Waals surface area contributed by atoms with E-state index in [-0.39, 0.29) is 22.8 Å². The molecule has 1 aromatic rings. The third-order valence-corrected chi connectivity index (χ3v) is 3.23. The minimum Gasteiger partial charge on any atom is -0.478 e. The number of aromatic carboxylic acids is 1. The number of hydrogen-bond donors (Lipinski definition) is 2. The van der Waals surface area contributed by atoms with Gasteiger partial charge in [0.15, 0.2) is 0 Å². The van der Waals surface area contributed by atoms with Crippen molar-refractivity contribution in [2.75, 3.05) is 5.32 Å². The number of benzene rings is 1. The third kappa shape index (κ3) is 2.46. The van der Waals surface area contributed by atoms with Crippen LogP contribution in [0.25, 0.3) is 0 Å². The second kappa shape index (κ2) is 3.87. The first kappa shape index (κ1) is 11.6. The molecular formula is C13H15NO3. The van der Waals surface area contributed by atoms with Crippen molar-refractivity contribution in [2.24, 2.45) is 11.3 Å². The molecule has 1 aromatic carbocycles. The van der Waals surface area contributed by atoms with E-state index in [1.54, 1.807) is 12.1 Å². The zero-order valence-corrected chi connectivity index (χ0v) is 9.86. The molecule has 0 bridgehead atoms. The Bertz CT molecular complexity index is 462. The summed E-state index contributed by atoms with van der Waals surface area (Å²) in [5.74, 6) is -0.883. The summed E-state index contributed by atoms with van der Waals surface area (Å²) >= 11 is 0. The number of anilines is 1. The minimum absolute atomic E-state index is 0.0121. The maximum atomic E-state index is 11.8. The quantitative estimate of drug-likeness (QED) is 0.842. The van der Waals surface area contributed by atoms with Crippen LogP contribution >= 0.6 is 0 Å². The summed E-state index contributed by atoms with van der Waals surface area (Å²) in [6.07, 6.45) is 0.909. The van der Waals surface area contributed by atoms with E-state index in [1.807, 2.05) is 0 Å². The molecular weight excluding hydrogens is 218 g/mol. The molecule has 1 fully saturated rings. The van der Waals surface area contributed by atoms with Gasteiger partial charge in [0.25, 0.3) is 0 Å². The van der Waals surface area contributed by atoms with Gasteiger partial charge in [-0.3, -0.25) is 4.79 Å². The van der Waals surface area contributed by atoms with Crippen LogP contribution in [0.15, 0.2) is 24.3 Å². The molecule has 0 aliphatic heterocycles. The molecule has 0 spiro atoms. The predicted molar refractivity (Wildman–Crippen MR) is 63.9 cm³/mol. The van der Waals surface area contributed by atoms with E-state index in [1.165, 1.54) is 12.1 Å². The van der Waals surface area contributed by atoms with Crippen LogP contribution < -0.4 is 5.32 Å². The molecule has 17 heavy (non-hydrogen) atoms. The van der Waals surface area contributed by atoms with Crippen LogP contribution in [-0.4, -0.2) is 17.0 Å². The summed E-state index contributed by atoms with van der Waals surface area (Å²) in [6, 6.07) is 6.18. The lowest BCUT2D eigenvalue weighted by Gasteiger charge is -2.06. The Kier molecular flexibility index (Phi) is 2.65. The van der Waals surface area contributed by atoms with Crippen LogP contribution in [-0.2, 0) is 4.79 Å². The highest BCUT2D eigenvalue weighted by Gasteiger charge is 2.50. The maximum Gasteiger partial charge on any atom is 0.335 e. The molecule has 0 aromatic heterocycles. The molecule has 1 aliphatic rings. The normalized spacial score (nSPS) is 20.7.